The van der Waals surface area contributed by atoms with E-state index in [-0.39, 0.29) is 0 Å². The second-order valence-electron chi connectivity index (χ2n) is 3.38. The maximum Gasteiger partial charge on any atom is 0.117 e. The Labute approximate surface area is 88.9 Å². The van der Waals surface area contributed by atoms with Gasteiger partial charge in [0.25, 0.3) is 0 Å². The van der Waals surface area contributed by atoms with Crippen LogP contribution in [0.1, 0.15) is 12.2 Å². The molecule has 0 radical (unpaired) electrons. The van der Waals surface area contributed by atoms with Gasteiger partial charge in [0.15, 0.2) is 0 Å². The molecule has 15 heavy (non-hydrogen) atoms. The molecule has 0 spiro atoms. The Bertz CT molecular complexity index is 317. The summed E-state index contributed by atoms with van der Waals surface area (Å²) in [5.74, 6) is 0.981. The molecule has 0 fully saturated rings. The van der Waals surface area contributed by atoms with Crippen molar-refractivity contribution >= 4 is 0 Å². The number of aromatic nitrogens is 2. The molecule has 0 aromatic carbocycles. The first-order valence-electron chi connectivity index (χ1n) is 5.16. The summed E-state index contributed by atoms with van der Waals surface area (Å²) in [5, 5.41) is 7.45. The van der Waals surface area contributed by atoms with E-state index in [1.165, 1.54) is 0 Å². The minimum atomic E-state index is 0.798. The highest BCUT2D eigenvalue weighted by atomic mass is 16.3. The van der Waals surface area contributed by atoms with Crippen LogP contribution in [0, 0.1) is 0 Å². The molecule has 0 aliphatic rings. The molecule has 2 aromatic rings. The molecule has 0 aliphatic heterocycles. The van der Waals surface area contributed by atoms with Gasteiger partial charge >= 0.3 is 0 Å². The monoisotopic (exact) mass is 205 g/mol. The summed E-state index contributed by atoms with van der Waals surface area (Å²) in [6.45, 7) is 2.73. The molecular formula is C11H15N3O. The number of rotatable bonds is 6. The Morgan fingerprint density at radius 2 is 2.40 bits per heavy atom. The summed E-state index contributed by atoms with van der Waals surface area (Å²) in [4.78, 5) is 0. The number of hydrogen-bond acceptors (Lipinski definition) is 3. The lowest BCUT2D eigenvalue weighted by Crippen LogP contribution is -2.16. The first kappa shape index (κ1) is 9.98. The van der Waals surface area contributed by atoms with Crippen LogP contribution in [0.3, 0.4) is 0 Å². The predicted octanol–water partition coefficient (Wildman–Crippen LogP) is 1.66. The molecule has 0 unspecified atom stereocenters. The molecule has 2 aromatic heterocycles. The summed E-state index contributed by atoms with van der Waals surface area (Å²) in [7, 11) is 0. The van der Waals surface area contributed by atoms with Crippen molar-refractivity contribution in [1.82, 2.24) is 15.1 Å². The molecule has 0 atom stereocenters. The summed E-state index contributed by atoms with van der Waals surface area (Å²) < 4.78 is 7.14. The normalized spacial score (nSPS) is 10.7. The van der Waals surface area contributed by atoms with Crippen LogP contribution in [0.5, 0.6) is 0 Å². The van der Waals surface area contributed by atoms with Crippen LogP contribution in [0.4, 0.5) is 0 Å². The Morgan fingerprint density at radius 3 is 3.13 bits per heavy atom. The molecule has 0 saturated carbocycles. The van der Waals surface area contributed by atoms with E-state index < -0.39 is 0 Å². The molecule has 0 bridgehead atoms. The highest BCUT2D eigenvalue weighted by molar-refractivity contribution is 4.97. The zero-order valence-corrected chi connectivity index (χ0v) is 8.60. The Kier molecular flexibility index (Phi) is 3.57. The van der Waals surface area contributed by atoms with E-state index in [2.05, 4.69) is 10.4 Å². The minimum absolute atomic E-state index is 0.798. The third-order valence-electron chi connectivity index (χ3n) is 2.18. The number of nitrogens with one attached hydrogen (secondary N) is 1. The smallest absolute Gasteiger partial charge is 0.117 e. The van der Waals surface area contributed by atoms with Gasteiger partial charge < -0.3 is 9.73 Å². The molecule has 1 N–H and O–H groups in total. The number of nitrogens with zero attached hydrogens (tertiary/aromatic N) is 2. The van der Waals surface area contributed by atoms with E-state index in [1.807, 2.05) is 29.1 Å². The van der Waals surface area contributed by atoms with Gasteiger partial charge in [-0.2, -0.15) is 5.10 Å². The topological polar surface area (TPSA) is 43.0 Å². The Balaban J connectivity index is 1.56. The first-order chi connectivity index (χ1) is 7.45. The Hall–Kier alpha value is -1.55. The fourth-order valence-corrected chi connectivity index (χ4v) is 1.42. The highest BCUT2D eigenvalue weighted by Gasteiger charge is 1.94. The van der Waals surface area contributed by atoms with Crippen LogP contribution in [0.2, 0.25) is 0 Å². The average Bonchev–Trinajstić information content (AvgIpc) is 2.88. The van der Waals surface area contributed by atoms with Crippen LogP contribution in [0.25, 0.3) is 0 Å². The third-order valence-corrected chi connectivity index (χ3v) is 2.18. The number of aryl methyl sites for hydroxylation is 1. The van der Waals surface area contributed by atoms with Gasteiger partial charge in [-0.25, -0.2) is 0 Å². The Morgan fingerprint density at radius 1 is 1.40 bits per heavy atom. The predicted molar refractivity (Wildman–Crippen MR) is 57.3 cm³/mol. The quantitative estimate of drug-likeness (QED) is 0.729. The minimum Gasteiger partial charge on any atom is -0.468 e. The largest absolute Gasteiger partial charge is 0.468 e. The van der Waals surface area contributed by atoms with E-state index in [0.717, 1.165) is 31.8 Å². The van der Waals surface area contributed by atoms with E-state index in [0.29, 0.717) is 0 Å². The van der Waals surface area contributed by atoms with Gasteiger partial charge in [0, 0.05) is 18.9 Å². The summed E-state index contributed by atoms with van der Waals surface area (Å²) in [6.07, 6.45) is 6.55. The molecule has 0 saturated heterocycles. The zero-order valence-electron chi connectivity index (χ0n) is 8.60. The van der Waals surface area contributed by atoms with Crippen molar-refractivity contribution in [2.24, 2.45) is 0 Å². The maximum absolute atomic E-state index is 5.21. The highest BCUT2D eigenvalue weighted by Crippen LogP contribution is 1.98. The van der Waals surface area contributed by atoms with Gasteiger partial charge in [0.05, 0.1) is 12.8 Å². The van der Waals surface area contributed by atoms with Crippen LogP contribution < -0.4 is 5.32 Å². The number of furan rings is 1. The molecular weight excluding hydrogens is 190 g/mol. The molecule has 2 heterocycles. The molecule has 4 heteroatoms. The molecule has 4 nitrogen and oxygen atoms in total. The second kappa shape index (κ2) is 5.36. The number of hydrogen-bond donors (Lipinski definition) is 1. The van der Waals surface area contributed by atoms with Crippen molar-refractivity contribution in [3.05, 3.63) is 42.6 Å². The van der Waals surface area contributed by atoms with Gasteiger partial charge in [-0.1, -0.05) is 0 Å². The van der Waals surface area contributed by atoms with Crippen molar-refractivity contribution in [3.8, 4) is 0 Å². The first-order valence-corrected chi connectivity index (χ1v) is 5.16. The molecule has 2 rings (SSSR count). The lowest BCUT2D eigenvalue weighted by atomic mass is 10.4. The van der Waals surface area contributed by atoms with Crippen LogP contribution in [0.15, 0.2) is 41.3 Å². The maximum atomic E-state index is 5.21. The van der Waals surface area contributed by atoms with Crippen LogP contribution >= 0.6 is 0 Å². The van der Waals surface area contributed by atoms with Crippen LogP contribution in [-0.4, -0.2) is 16.3 Å². The van der Waals surface area contributed by atoms with E-state index in [4.69, 9.17) is 4.42 Å². The molecule has 0 aliphatic carbocycles. The summed E-state index contributed by atoms with van der Waals surface area (Å²) in [6, 6.07) is 5.82. The van der Waals surface area contributed by atoms with Crippen molar-refractivity contribution in [2.45, 2.75) is 19.5 Å². The van der Waals surface area contributed by atoms with E-state index in [1.54, 1.807) is 12.5 Å². The summed E-state index contributed by atoms with van der Waals surface area (Å²) in [5.41, 5.74) is 0. The third kappa shape index (κ3) is 3.25. The van der Waals surface area contributed by atoms with Crippen molar-refractivity contribution in [3.63, 3.8) is 0 Å². The fourth-order valence-electron chi connectivity index (χ4n) is 1.42. The summed E-state index contributed by atoms with van der Waals surface area (Å²) >= 11 is 0. The fraction of sp³-hybridized carbons (Fsp3) is 0.364. The standard InChI is InChI=1S/C11H15N3O/c1-4-11(15-9-1)10-12-5-2-7-14-8-3-6-13-14/h1,3-4,6,8-9,12H,2,5,7,10H2. The van der Waals surface area contributed by atoms with Crippen molar-refractivity contribution in [2.75, 3.05) is 6.54 Å². The van der Waals surface area contributed by atoms with Crippen molar-refractivity contribution < 1.29 is 4.42 Å². The van der Waals surface area contributed by atoms with Gasteiger partial charge in [-0.05, 0) is 31.2 Å². The van der Waals surface area contributed by atoms with E-state index in [9.17, 15) is 0 Å². The van der Waals surface area contributed by atoms with Gasteiger partial charge in [0.1, 0.15) is 5.76 Å². The van der Waals surface area contributed by atoms with Gasteiger partial charge in [0.2, 0.25) is 0 Å². The van der Waals surface area contributed by atoms with Gasteiger partial charge in [-0.15, -0.1) is 0 Å². The lowest BCUT2D eigenvalue weighted by molar-refractivity contribution is 0.471. The zero-order chi connectivity index (χ0) is 10.3. The lowest BCUT2D eigenvalue weighted by Gasteiger charge is -2.02. The van der Waals surface area contributed by atoms with E-state index >= 15 is 0 Å². The SMILES string of the molecule is c1coc(CNCCCn2cccn2)c1. The van der Waals surface area contributed by atoms with Gasteiger partial charge in [-0.3, -0.25) is 4.68 Å². The second-order valence-corrected chi connectivity index (χ2v) is 3.38. The van der Waals surface area contributed by atoms with Crippen LogP contribution in [-0.2, 0) is 13.1 Å². The molecule has 80 valence electrons. The van der Waals surface area contributed by atoms with Crippen molar-refractivity contribution in [1.29, 1.82) is 0 Å². The molecule has 0 amide bonds. The average molecular weight is 205 g/mol.